The highest BCUT2D eigenvalue weighted by Gasteiger charge is 2.83. The SMILES string of the molecule is CCOCCOCCOCCOCCOC(=O)Oc1ccc2c3c1OC1(C)C(CC)(OC)C(C(C)(O)C(C)(C)C)CC4(C)C(C2)N(CC2CC2)CCC341. The van der Waals surface area contributed by atoms with E-state index in [-0.39, 0.29) is 30.6 Å². The molecule has 1 aromatic rings. The number of likely N-dealkylation sites (tertiary alicyclic amines) is 1. The number of aliphatic hydroxyl groups is 1. The van der Waals surface area contributed by atoms with Crippen LogP contribution in [0.1, 0.15) is 98.6 Å². The van der Waals surface area contributed by atoms with E-state index in [1.54, 1.807) is 7.11 Å². The lowest BCUT2D eigenvalue weighted by molar-refractivity contribution is -0.311. The molecule has 11 heteroatoms. The molecule has 53 heavy (non-hydrogen) atoms. The fourth-order valence-electron chi connectivity index (χ4n) is 11.0. The van der Waals surface area contributed by atoms with Gasteiger partial charge in [0.15, 0.2) is 11.5 Å². The van der Waals surface area contributed by atoms with Crippen LogP contribution in [-0.2, 0) is 40.3 Å². The Morgan fingerprint density at radius 2 is 1.57 bits per heavy atom. The number of carbonyl (C=O) groups is 1. The molecule has 2 saturated carbocycles. The third-order valence-electron chi connectivity index (χ3n) is 14.3. The summed E-state index contributed by atoms with van der Waals surface area (Å²) in [6, 6.07) is 4.29. The molecule has 2 bridgehead atoms. The molecule has 0 amide bonds. The first-order valence-corrected chi connectivity index (χ1v) is 20.2. The van der Waals surface area contributed by atoms with E-state index in [1.165, 1.54) is 18.4 Å². The molecule has 0 aromatic heterocycles. The monoisotopic (exact) mass is 745 g/mol. The molecule has 0 radical (unpaired) electrons. The normalized spacial score (nSPS) is 32.9. The second-order valence-electron chi connectivity index (χ2n) is 17.6. The minimum absolute atomic E-state index is 0.0466. The van der Waals surface area contributed by atoms with Gasteiger partial charge >= 0.3 is 6.16 Å². The second-order valence-corrected chi connectivity index (χ2v) is 17.6. The highest BCUT2D eigenvalue weighted by atomic mass is 16.7. The maximum atomic E-state index is 13.2. The largest absolute Gasteiger partial charge is 0.514 e. The highest BCUT2D eigenvalue weighted by molar-refractivity contribution is 5.70. The zero-order valence-electron chi connectivity index (χ0n) is 34.0. The average molecular weight is 746 g/mol. The van der Waals surface area contributed by atoms with Crippen LogP contribution in [0, 0.1) is 22.7 Å². The Labute approximate surface area is 317 Å². The van der Waals surface area contributed by atoms with E-state index in [1.807, 2.05) is 19.9 Å². The van der Waals surface area contributed by atoms with E-state index in [2.05, 4.69) is 52.5 Å². The Morgan fingerprint density at radius 3 is 2.13 bits per heavy atom. The maximum absolute atomic E-state index is 13.2. The molecular weight excluding hydrogens is 678 g/mol. The first-order valence-electron chi connectivity index (χ1n) is 20.2. The molecule has 1 aromatic carbocycles. The number of benzene rings is 1. The van der Waals surface area contributed by atoms with Gasteiger partial charge < -0.3 is 43.0 Å². The molecule has 1 N–H and O–H groups in total. The zero-order valence-corrected chi connectivity index (χ0v) is 34.0. The van der Waals surface area contributed by atoms with Crippen LogP contribution in [0.4, 0.5) is 4.79 Å². The minimum Gasteiger partial charge on any atom is -0.479 e. The summed E-state index contributed by atoms with van der Waals surface area (Å²) in [4.78, 5) is 15.9. The number of rotatable bonds is 19. The molecule has 2 aliphatic heterocycles. The quantitative estimate of drug-likeness (QED) is 0.0973. The number of ether oxygens (including phenoxy) is 8. The Bertz CT molecular complexity index is 1440. The Kier molecular flexibility index (Phi) is 11.9. The minimum atomic E-state index is -1.07. The van der Waals surface area contributed by atoms with Gasteiger partial charge in [-0.25, -0.2) is 4.79 Å². The van der Waals surface area contributed by atoms with Crippen LogP contribution in [0.25, 0.3) is 0 Å². The van der Waals surface area contributed by atoms with Gasteiger partial charge in [0.1, 0.15) is 17.8 Å². The second kappa shape index (κ2) is 15.5. The molecule has 300 valence electrons. The number of hydrogen-bond donors (Lipinski definition) is 1. The summed E-state index contributed by atoms with van der Waals surface area (Å²) in [5, 5.41) is 12.7. The highest BCUT2D eigenvalue weighted by Crippen LogP contribution is 2.77. The molecule has 3 aliphatic carbocycles. The molecular formula is C42H67NO10. The molecule has 6 rings (SSSR count). The summed E-state index contributed by atoms with van der Waals surface area (Å²) in [6.45, 7) is 23.1. The molecule has 1 spiro atoms. The van der Waals surface area contributed by atoms with Gasteiger partial charge in [-0.3, -0.25) is 4.90 Å². The number of nitrogens with zero attached hydrogens (tertiary/aromatic N) is 1. The van der Waals surface area contributed by atoms with Crippen LogP contribution < -0.4 is 9.47 Å². The Balaban J connectivity index is 1.21. The predicted molar refractivity (Wildman–Crippen MR) is 201 cm³/mol. The van der Waals surface area contributed by atoms with Gasteiger partial charge in [-0.2, -0.15) is 0 Å². The van der Waals surface area contributed by atoms with Gasteiger partial charge in [-0.1, -0.05) is 40.7 Å². The van der Waals surface area contributed by atoms with Gasteiger partial charge in [-0.15, -0.1) is 0 Å². The van der Waals surface area contributed by atoms with Crippen LogP contribution in [0.15, 0.2) is 12.1 Å². The van der Waals surface area contributed by atoms with Gasteiger partial charge in [0.25, 0.3) is 0 Å². The fourth-order valence-corrected chi connectivity index (χ4v) is 11.0. The number of carbonyl (C=O) groups excluding carboxylic acids is 1. The molecule has 11 nitrogen and oxygen atoms in total. The fraction of sp³-hybridized carbons (Fsp3) is 0.833. The standard InChI is InChI=1S/C42H67NO10/c1-10-42(46-9)32(39(7,45)37(3,4)5)27-38(6)33-26-30-14-15-31(52-36(44)51-25-24-50-23-22-49-21-20-48-19-18-47-11-2)35-34(30)41(38,40(42,8)53-35)16-17-43(33)28-29-12-13-29/h14-15,29,32-33,45H,10-13,16-28H2,1-9H3. The first-order chi connectivity index (χ1) is 25.2. The zero-order chi connectivity index (χ0) is 38.3. The van der Waals surface area contributed by atoms with E-state index < -0.39 is 33.8 Å². The maximum Gasteiger partial charge on any atom is 0.514 e. The van der Waals surface area contributed by atoms with Crippen molar-refractivity contribution in [1.82, 2.24) is 4.90 Å². The van der Waals surface area contributed by atoms with Crippen LogP contribution in [0.3, 0.4) is 0 Å². The van der Waals surface area contributed by atoms with Gasteiger partial charge in [-0.05, 0) is 94.2 Å². The summed E-state index contributed by atoms with van der Waals surface area (Å²) in [5.41, 5.74) is -1.47. The van der Waals surface area contributed by atoms with Crippen molar-refractivity contribution in [2.24, 2.45) is 22.7 Å². The van der Waals surface area contributed by atoms with Crippen molar-refractivity contribution < 1.29 is 47.8 Å². The first kappa shape index (κ1) is 40.7. The summed E-state index contributed by atoms with van der Waals surface area (Å²) >= 11 is 0. The van der Waals surface area contributed by atoms with Crippen LogP contribution in [0.2, 0.25) is 0 Å². The molecule has 7 atom stereocenters. The molecule has 1 saturated heterocycles. The summed E-state index contributed by atoms with van der Waals surface area (Å²) < 4.78 is 47.5. The molecule has 5 aliphatic rings. The van der Waals surface area contributed by atoms with E-state index >= 15 is 0 Å². The molecule has 2 heterocycles. The van der Waals surface area contributed by atoms with Crippen LogP contribution >= 0.6 is 0 Å². The predicted octanol–water partition coefficient (Wildman–Crippen LogP) is 6.34. The van der Waals surface area contributed by atoms with Gasteiger partial charge in [0.2, 0.25) is 0 Å². The number of methoxy groups -OCH3 is 1. The van der Waals surface area contributed by atoms with Crippen molar-refractivity contribution in [3.8, 4) is 11.5 Å². The van der Waals surface area contributed by atoms with E-state index in [9.17, 15) is 9.90 Å². The summed E-state index contributed by atoms with van der Waals surface area (Å²) in [7, 11) is 1.79. The van der Waals surface area contributed by atoms with Crippen molar-refractivity contribution >= 4 is 6.16 Å². The van der Waals surface area contributed by atoms with Crippen LogP contribution in [-0.4, -0.2) is 119 Å². The smallest absolute Gasteiger partial charge is 0.479 e. The van der Waals surface area contributed by atoms with E-state index in [0.717, 1.165) is 43.8 Å². The van der Waals surface area contributed by atoms with E-state index in [0.29, 0.717) is 64.2 Å². The molecule has 7 unspecified atom stereocenters. The van der Waals surface area contributed by atoms with Crippen LogP contribution in [0.5, 0.6) is 11.5 Å². The Morgan fingerprint density at radius 1 is 0.943 bits per heavy atom. The topological polar surface area (TPSA) is 114 Å². The summed E-state index contributed by atoms with van der Waals surface area (Å²) in [5.74, 6) is 1.51. The lowest BCUT2D eigenvalue weighted by atomic mass is 9.34. The third kappa shape index (κ3) is 6.72. The van der Waals surface area contributed by atoms with Crippen molar-refractivity contribution in [2.75, 3.05) is 79.7 Å². The van der Waals surface area contributed by atoms with Crippen molar-refractivity contribution in [2.45, 2.75) is 122 Å². The van der Waals surface area contributed by atoms with Crippen molar-refractivity contribution in [1.29, 1.82) is 0 Å². The average Bonchev–Trinajstić information content (AvgIpc) is 3.88. The number of piperidine rings is 1. The van der Waals surface area contributed by atoms with Gasteiger partial charge in [0, 0.05) is 43.2 Å². The lowest BCUT2D eigenvalue weighted by Gasteiger charge is -2.74. The van der Waals surface area contributed by atoms with Gasteiger partial charge in [0.05, 0.1) is 51.8 Å². The molecule has 3 fully saturated rings. The van der Waals surface area contributed by atoms with Crippen molar-refractivity contribution in [3.05, 3.63) is 23.3 Å². The Hall–Kier alpha value is -1.99. The summed E-state index contributed by atoms with van der Waals surface area (Å²) in [6.07, 6.45) is 5.04. The lowest BCUT2D eigenvalue weighted by Crippen LogP contribution is -2.84. The third-order valence-corrected chi connectivity index (χ3v) is 14.3. The van der Waals surface area contributed by atoms with E-state index in [4.69, 9.17) is 37.9 Å². The van der Waals surface area contributed by atoms with Crippen molar-refractivity contribution in [3.63, 3.8) is 0 Å². The number of hydrogen-bond acceptors (Lipinski definition) is 11.